The Hall–Kier alpha value is -2.96. The third-order valence-electron chi connectivity index (χ3n) is 5.53. The van der Waals surface area contributed by atoms with Gasteiger partial charge < -0.3 is 10.2 Å². The minimum Gasteiger partial charge on any atom is -0.356 e. The number of nitrogens with one attached hydrogen (secondary N) is 1. The highest BCUT2D eigenvalue weighted by Crippen LogP contribution is 2.25. The molecule has 29 heavy (non-hydrogen) atoms. The highest BCUT2D eigenvalue weighted by atomic mass is 16.2. The number of carbonyl (C=O) groups is 1. The standard InChI is InChI=1S/C22H28N6O/c1-2-17-7-9-18(10-8-17)13-23-20(29)15-28-22-19(14-26-28)21(24-16-25-22)27-11-5-3-4-6-12-27/h7-10,14,16H,2-6,11-13,15H2,1H3,(H,23,29). The lowest BCUT2D eigenvalue weighted by molar-refractivity contribution is -0.121. The summed E-state index contributed by atoms with van der Waals surface area (Å²) in [5.74, 6) is 0.851. The van der Waals surface area contributed by atoms with E-state index < -0.39 is 0 Å². The molecule has 152 valence electrons. The van der Waals surface area contributed by atoms with Gasteiger partial charge >= 0.3 is 0 Å². The molecule has 3 heterocycles. The predicted molar refractivity (Wildman–Crippen MR) is 114 cm³/mol. The fraction of sp³-hybridized carbons (Fsp3) is 0.455. The molecule has 7 heteroatoms. The lowest BCUT2D eigenvalue weighted by Crippen LogP contribution is -2.27. The van der Waals surface area contributed by atoms with E-state index in [1.807, 2.05) is 0 Å². The molecule has 2 aromatic heterocycles. The third-order valence-corrected chi connectivity index (χ3v) is 5.53. The van der Waals surface area contributed by atoms with E-state index in [1.165, 1.54) is 31.2 Å². The Morgan fingerprint density at radius 1 is 1.03 bits per heavy atom. The van der Waals surface area contributed by atoms with Gasteiger partial charge in [-0.25, -0.2) is 14.6 Å². The normalized spacial score (nSPS) is 14.7. The van der Waals surface area contributed by atoms with Crippen molar-refractivity contribution in [1.29, 1.82) is 0 Å². The molecule has 3 aromatic rings. The summed E-state index contributed by atoms with van der Waals surface area (Å²) in [5, 5.41) is 8.30. The first kappa shape index (κ1) is 19.4. The van der Waals surface area contributed by atoms with Crippen LogP contribution in [0.15, 0.2) is 36.8 Å². The van der Waals surface area contributed by atoms with Crippen LogP contribution in [0.25, 0.3) is 11.0 Å². The molecule has 4 rings (SSSR count). The molecule has 1 aliphatic heterocycles. The largest absolute Gasteiger partial charge is 0.356 e. The summed E-state index contributed by atoms with van der Waals surface area (Å²) in [7, 11) is 0. The first-order valence-electron chi connectivity index (χ1n) is 10.5. The van der Waals surface area contributed by atoms with E-state index in [1.54, 1.807) is 17.2 Å². The number of hydrogen-bond acceptors (Lipinski definition) is 5. The van der Waals surface area contributed by atoms with E-state index in [-0.39, 0.29) is 12.5 Å². The van der Waals surface area contributed by atoms with Crippen molar-refractivity contribution in [3.05, 3.63) is 47.9 Å². The van der Waals surface area contributed by atoms with E-state index in [2.05, 4.69) is 56.5 Å². The number of aromatic nitrogens is 4. The molecule has 1 fully saturated rings. The van der Waals surface area contributed by atoms with Crippen LogP contribution in [0.4, 0.5) is 5.82 Å². The molecular weight excluding hydrogens is 364 g/mol. The second-order valence-corrected chi connectivity index (χ2v) is 7.58. The van der Waals surface area contributed by atoms with Gasteiger partial charge in [-0.15, -0.1) is 0 Å². The fourth-order valence-electron chi connectivity index (χ4n) is 3.82. The molecule has 1 aliphatic rings. The Morgan fingerprint density at radius 2 is 1.76 bits per heavy atom. The highest BCUT2D eigenvalue weighted by Gasteiger charge is 2.18. The molecule has 7 nitrogen and oxygen atoms in total. The van der Waals surface area contributed by atoms with Crippen LogP contribution in [-0.4, -0.2) is 38.7 Å². The van der Waals surface area contributed by atoms with Gasteiger partial charge in [-0.2, -0.15) is 5.10 Å². The summed E-state index contributed by atoms with van der Waals surface area (Å²) < 4.78 is 1.66. The average Bonchev–Trinajstić information content (AvgIpc) is 2.98. The molecule has 0 unspecified atom stereocenters. The van der Waals surface area contributed by atoms with Crippen LogP contribution in [0.5, 0.6) is 0 Å². The zero-order valence-electron chi connectivity index (χ0n) is 17.0. The number of fused-ring (bicyclic) bond motifs is 1. The molecule has 1 N–H and O–H groups in total. The van der Waals surface area contributed by atoms with Gasteiger partial charge in [0, 0.05) is 19.6 Å². The molecule has 1 saturated heterocycles. The second kappa shape index (κ2) is 9.03. The SMILES string of the molecule is CCc1ccc(CNC(=O)Cn2ncc3c(N4CCCCCC4)ncnc32)cc1. The van der Waals surface area contributed by atoms with Crippen LogP contribution in [0.3, 0.4) is 0 Å². The second-order valence-electron chi connectivity index (χ2n) is 7.58. The number of carbonyl (C=O) groups excluding carboxylic acids is 1. The maximum Gasteiger partial charge on any atom is 0.242 e. The first-order valence-corrected chi connectivity index (χ1v) is 10.5. The van der Waals surface area contributed by atoms with Crippen molar-refractivity contribution in [1.82, 2.24) is 25.1 Å². The average molecular weight is 393 g/mol. The smallest absolute Gasteiger partial charge is 0.242 e. The molecule has 0 radical (unpaired) electrons. The van der Waals surface area contributed by atoms with Gasteiger partial charge in [0.05, 0.1) is 11.6 Å². The van der Waals surface area contributed by atoms with E-state index >= 15 is 0 Å². The summed E-state index contributed by atoms with van der Waals surface area (Å²) in [4.78, 5) is 23.7. The summed E-state index contributed by atoms with van der Waals surface area (Å²) in [6.45, 7) is 4.80. The zero-order chi connectivity index (χ0) is 20.1. The maximum absolute atomic E-state index is 12.5. The lowest BCUT2D eigenvalue weighted by Gasteiger charge is -2.21. The first-order chi connectivity index (χ1) is 14.2. The van der Waals surface area contributed by atoms with Crippen LogP contribution < -0.4 is 10.2 Å². The molecule has 0 bridgehead atoms. The van der Waals surface area contributed by atoms with Crippen LogP contribution in [-0.2, 0) is 24.3 Å². The number of amides is 1. The molecule has 1 amide bonds. The minimum atomic E-state index is -0.0792. The van der Waals surface area contributed by atoms with Gasteiger partial charge in [0.15, 0.2) is 5.65 Å². The van der Waals surface area contributed by atoms with Crippen molar-refractivity contribution >= 4 is 22.8 Å². The molecule has 0 saturated carbocycles. The van der Waals surface area contributed by atoms with Crippen molar-refractivity contribution in [2.75, 3.05) is 18.0 Å². The Labute approximate surface area is 171 Å². The van der Waals surface area contributed by atoms with E-state index in [0.29, 0.717) is 12.2 Å². The highest BCUT2D eigenvalue weighted by molar-refractivity contribution is 5.87. The minimum absolute atomic E-state index is 0.0792. The van der Waals surface area contributed by atoms with Crippen molar-refractivity contribution in [2.45, 2.75) is 52.1 Å². The van der Waals surface area contributed by atoms with E-state index in [9.17, 15) is 4.79 Å². The zero-order valence-corrected chi connectivity index (χ0v) is 17.0. The van der Waals surface area contributed by atoms with Crippen molar-refractivity contribution in [2.24, 2.45) is 0 Å². The number of anilines is 1. The number of benzene rings is 1. The van der Waals surface area contributed by atoms with Crippen molar-refractivity contribution < 1.29 is 4.79 Å². The maximum atomic E-state index is 12.5. The molecule has 0 atom stereocenters. The van der Waals surface area contributed by atoms with E-state index in [4.69, 9.17) is 0 Å². The number of hydrogen-bond donors (Lipinski definition) is 1. The quantitative estimate of drug-likeness (QED) is 0.698. The Morgan fingerprint density at radius 3 is 2.48 bits per heavy atom. The van der Waals surface area contributed by atoms with Crippen molar-refractivity contribution in [3.8, 4) is 0 Å². The van der Waals surface area contributed by atoms with Crippen molar-refractivity contribution in [3.63, 3.8) is 0 Å². The Kier molecular flexibility index (Phi) is 6.03. The molecular formula is C22H28N6O. The van der Waals surface area contributed by atoms with Crippen LogP contribution in [0, 0.1) is 0 Å². The van der Waals surface area contributed by atoms with E-state index in [0.717, 1.165) is 36.3 Å². The van der Waals surface area contributed by atoms with Crippen LogP contribution in [0.1, 0.15) is 43.7 Å². The van der Waals surface area contributed by atoms with Crippen LogP contribution in [0.2, 0.25) is 0 Å². The number of aryl methyl sites for hydroxylation is 1. The summed E-state index contributed by atoms with van der Waals surface area (Å²) >= 11 is 0. The summed E-state index contributed by atoms with van der Waals surface area (Å²) in [6, 6.07) is 8.32. The summed E-state index contributed by atoms with van der Waals surface area (Å²) in [6.07, 6.45) is 9.28. The van der Waals surface area contributed by atoms with Gasteiger partial charge in [-0.1, -0.05) is 44.0 Å². The lowest BCUT2D eigenvalue weighted by atomic mass is 10.1. The van der Waals surface area contributed by atoms with Gasteiger partial charge in [0.2, 0.25) is 5.91 Å². The van der Waals surface area contributed by atoms with Crippen LogP contribution >= 0.6 is 0 Å². The van der Waals surface area contributed by atoms with Gasteiger partial charge in [0.1, 0.15) is 18.7 Å². The fourth-order valence-corrected chi connectivity index (χ4v) is 3.82. The molecule has 0 spiro atoms. The Bertz CT molecular complexity index is 957. The van der Waals surface area contributed by atoms with Gasteiger partial charge in [-0.05, 0) is 30.4 Å². The monoisotopic (exact) mass is 392 g/mol. The molecule has 0 aliphatic carbocycles. The topological polar surface area (TPSA) is 75.9 Å². The Balaban J connectivity index is 1.43. The summed E-state index contributed by atoms with van der Waals surface area (Å²) in [5.41, 5.74) is 3.09. The van der Waals surface area contributed by atoms with Gasteiger partial charge in [0.25, 0.3) is 0 Å². The predicted octanol–water partition coefficient (Wildman–Crippen LogP) is 3.09. The molecule has 1 aromatic carbocycles. The van der Waals surface area contributed by atoms with Gasteiger partial charge in [-0.3, -0.25) is 4.79 Å². The number of nitrogens with zero attached hydrogens (tertiary/aromatic N) is 5. The third kappa shape index (κ3) is 4.55. The number of rotatable bonds is 6.